The number of ether oxygens (including phenoxy) is 2. The Morgan fingerprint density at radius 3 is 2.31 bits per heavy atom. The second-order valence-electron chi connectivity index (χ2n) is 11.2. The van der Waals surface area contributed by atoms with Crippen LogP contribution in [0.15, 0.2) is 53.6 Å². The van der Waals surface area contributed by atoms with Crippen LogP contribution in [-0.2, 0) is 19.1 Å². The highest BCUT2D eigenvalue weighted by Gasteiger charge is 2.60. The molecule has 0 amide bonds. The molecule has 6 heteroatoms. The molecule has 0 bridgehead atoms. The Labute approximate surface area is 207 Å². The molecule has 3 aliphatic rings. The molecular weight excluding hydrogens is 444 g/mol. The van der Waals surface area contributed by atoms with Gasteiger partial charge in [-0.25, -0.2) is 4.79 Å². The predicted molar refractivity (Wildman–Crippen MR) is 131 cm³/mol. The number of esters is 2. The van der Waals surface area contributed by atoms with Gasteiger partial charge in [0.2, 0.25) is 0 Å². The van der Waals surface area contributed by atoms with E-state index in [0.29, 0.717) is 17.6 Å². The minimum atomic E-state index is -1.72. The van der Waals surface area contributed by atoms with E-state index < -0.39 is 29.7 Å². The van der Waals surface area contributed by atoms with Gasteiger partial charge in [-0.15, -0.1) is 0 Å². The third kappa shape index (κ3) is 4.61. The first-order valence-electron chi connectivity index (χ1n) is 12.4. The molecule has 6 nitrogen and oxygen atoms in total. The SMILES string of the molecule is CC(=O)O[C@@H]1C[C@@H]2[C@H](/C=C(\C)C(=O)[C@]3(O)C[C@H](C)[C@@H](OC(=O)c4ccccc4)[C@H]3C=C1C)C2(C)C. The monoisotopic (exact) mass is 480 g/mol. The van der Waals surface area contributed by atoms with Crippen molar-refractivity contribution in [3.63, 3.8) is 0 Å². The molecule has 2 fully saturated rings. The van der Waals surface area contributed by atoms with Gasteiger partial charge >= 0.3 is 11.9 Å². The molecule has 1 aromatic rings. The molecule has 4 rings (SSSR count). The predicted octanol–water partition coefficient (Wildman–Crippen LogP) is 4.67. The third-order valence-electron chi connectivity index (χ3n) is 8.40. The van der Waals surface area contributed by atoms with Crippen molar-refractivity contribution in [3.05, 3.63) is 59.2 Å². The van der Waals surface area contributed by atoms with Crippen LogP contribution in [0.5, 0.6) is 0 Å². The Morgan fingerprint density at radius 1 is 1.03 bits per heavy atom. The van der Waals surface area contributed by atoms with Gasteiger partial charge in [0.15, 0.2) is 5.78 Å². The topological polar surface area (TPSA) is 89.9 Å². The van der Waals surface area contributed by atoms with Crippen molar-refractivity contribution < 1.29 is 29.0 Å². The number of hydrogen-bond acceptors (Lipinski definition) is 6. The van der Waals surface area contributed by atoms with Crippen LogP contribution in [0.2, 0.25) is 0 Å². The van der Waals surface area contributed by atoms with E-state index in [9.17, 15) is 19.5 Å². The van der Waals surface area contributed by atoms with Crippen molar-refractivity contribution in [3.8, 4) is 0 Å². The number of allylic oxidation sites excluding steroid dienone is 1. The lowest BCUT2D eigenvalue weighted by molar-refractivity contribution is -0.145. The lowest BCUT2D eigenvalue weighted by Crippen LogP contribution is -2.45. The quantitative estimate of drug-likeness (QED) is 0.500. The van der Waals surface area contributed by atoms with Crippen LogP contribution in [0.25, 0.3) is 0 Å². The van der Waals surface area contributed by atoms with Crippen molar-refractivity contribution in [2.24, 2.45) is 29.1 Å². The molecule has 1 N–H and O–H groups in total. The van der Waals surface area contributed by atoms with Gasteiger partial charge in [-0.05, 0) is 73.1 Å². The Balaban J connectivity index is 1.76. The number of benzene rings is 1. The largest absolute Gasteiger partial charge is 0.458 e. The van der Waals surface area contributed by atoms with Crippen LogP contribution in [0.4, 0.5) is 0 Å². The van der Waals surface area contributed by atoms with E-state index >= 15 is 0 Å². The molecule has 0 unspecified atom stereocenters. The highest BCUT2D eigenvalue weighted by Crippen LogP contribution is 2.62. The zero-order chi connectivity index (χ0) is 25.7. The zero-order valence-electron chi connectivity index (χ0n) is 21.4. The Hall–Kier alpha value is -2.73. The van der Waals surface area contributed by atoms with Crippen LogP contribution in [-0.4, -0.2) is 40.6 Å². The van der Waals surface area contributed by atoms with E-state index in [2.05, 4.69) is 13.8 Å². The van der Waals surface area contributed by atoms with E-state index in [-0.39, 0.29) is 41.3 Å². The first kappa shape index (κ1) is 25.4. The minimum Gasteiger partial charge on any atom is -0.458 e. The number of carbonyl (C=O) groups excluding carboxylic acids is 3. The summed E-state index contributed by atoms with van der Waals surface area (Å²) in [6.45, 7) is 11.2. The van der Waals surface area contributed by atoms with Crippen LogP contribution in [0.3, 0.4) is 0 Å². The Bertz CT molecular complexity index is 1080. The molecule has 0 aromatic heterocycles. The molecule has 188 valence electrons. The van der Waals surface area contributed by atoms with E-state index in [1.165, 1.54) is 6.92 Å². The maximum absolute atomic E-state index is 13.7. The fourth-order valence-electron chi connectivity index (χ4n) is 6.20. The number of fused-ring (bicyclic) bond motifs is 2. The standard InChI is InChI=1S/C29H36O6/c1-16-12-23-25(35-27(32)20-10-8-7-9-11-20)18(3)15-29(23,33)26(31)17(2)13-21-22(28(21,5)6)14-24(16)34-19(4)30/h7-13,18,21-25,33H,14-15H2,1-6H3/b16-12?,17-13+/t18-,21-,22+,23+,24+,25+,29-/m0/s1. The van der Waals surface area contributed by atoms with Gasteiger partial charge in [-0.2, -0.15) is 0 Å². The maximum Gasteiger partial charge on any atom is 0.338 e. The normalized spacial score (nSPS) is 37.5. The van der Waals surface area contributed by atoms with Gasteiger partial charge in [-0.3, -0.25) is 9.59 Å². The Morgan fingerprint density at radius 2 is 1.69 bits per heavy atom. The van der Waals surface area contributed by atoms with Crippen molar-refractivity contribution in [2.75, 3.05) is 0 Å². The lowest BCUT2D eigenvalue weighted by Gasteiger charge is -2.31. The number of carbonyl (C=O) groups is 3. The van der Waals surface area contributed by atoms with E-state index in [0.717, 1.165) is 5.57 Å². The summed E-state index contributed by atoms with van der Waals surface area (Å²) in [5, 5.41) is 11.9. The van der Waals surface area contributed by atoms with Gasteiger partial charge < -0.3 is 14.6 Å². The molecule has 0 spiro atoms. The van der Waals surface area contributed by atoms with Crippen LogP contribution < -0.4 is 0 Å². The summed E-state index contributed by atoms with van der Waals surface area (Å²) in [5.41, 5.74) is -0.0552. The second-order valence-corrected chi connectivity index (χ2v) is 11.2. The molecule has 0 heterocycles. The maximum atomic E-state index is 13.7. The number of Topliss-reactive ketones (excluding diaryl/α,β-unsaturated/α-hetero) is 1. The summed E-state index contributed by atoms with van der Waals surface area (Å²) >= 11 is 0. The van der Waals surface area contributed by atoms with Crippen molar-refractivity contribution >= 4 is 17.7 Å². The molecule has 0 saturated heterocycles. The van der Waals surface area contributed by atoms with Gasteiger partial charge in [0, 0.05) is 6.92 Å². The summed E-state index contributed by atoms with van der Waals surface area (Å²) in [4.78, 5) is 38.6. The first-order chi connectivity index (χ1) is 16.4. The average Bonchev–Trinajstić information content (AvgIpc) is 3.20. The highest BCUT2D eigenvalue weighted by molar-refractivity contribution is 6.02. The number of aliphatic hydroxyl groups is 1. The zero-order valence-corrected chi connectivity index (χ0v) is 21.4. The van der Waals surface area contributed by atoms with Crippen molar-refractivity contribution in [1.82, 2.24) is 0 Å². The summed E-state index contributed by atoms with van der Waals surface area (Å²) < 4.78 is 11.6. The molecular formula is C29H36O6. The fraction of sp³-hybridized carbons (Fsp3) is 0.552. The van der Waals surface area contributed by atoms with Crippen LogP contribution in [0, 0.1) is 29.1 Å². The number of rotatable bonds is 3. The summed E-state index contributed by atoms with van der Waals surface area (Å²) in [7, 11) is 0. The van der Waals surface area contributed by atoms with E-state index in [4.69, 9.17) is 9.47 Å². The Kier molecular flexibility index (Phi) is 6.56. The molecule has 2 saturated carbocycles. The van der Waals surface area contributed by atoms with Gasteiger partial charge in [0.1, 0.15) is 17.8 Å². The number of hydrogen-bond donors (Lipinski definition) is 1. The minimum absolute atomic E-state index is 0.0296. The van der Waals surface area contributed by atoms with Crippen molar-refractivity contribution in [2.45, 2.75) is 72.2 Å². The second kappa shape index (κ2) is 9.05. The molecule has 35 heavy (non-hydrogen) atoms. The van der Waals surface area contributed by atoms with E-state index in [1.807, 2.05) is 26.0 Å². The number of ketones is 1. The van der Waals surface area contributed by atoms with E-state index in [1.54, 1.807) is 37.3 Å². The average molecular weight is 481 g/mol. The van der Waals surface area contributed by atoms with Crippen molar-refractivity contribution in [1.29, 1.82) is 0 Å². The van der Waals surface area contributed by atoms with Crippen LogP contribution >= 0.6 is 0 Å². The first-order valence-corrected chi connectivity index (χ1v) is 12.4. The third-order valence-corrected chi connectivity index (χ3v) is 8.40. The molecule has 1 aromatic carbocycles. The smallest absolute Gasteiger partial charge is 0.338 e. The molecule has 0 radical (unpaired) electrons. The fourth-order valence-corrected chi connectivity index (χ4v) is 6.20. The molecule has 3 aliphatic carbocycles. The van der Waals surface area contributed by atoms with Crippen LogP contribution in [0.1, 0.15) is 64.7 Å². The lowest BCUT2D eigenvalue weighted by atomic mass is 9.81. The van der Waals surface area contributed by atoms with Gasteiger partial charge in [0.05, 0.1) is 11.5 Å². The highest BCUT2D eigenvalue weighted by atomic mass is 16.5. The van der Waals surface area contributed by atoms with Gasteiger partial charge in [-0.1, -0.05) is 51.1 Å². The summed E-state index contributed by atoms with van der Waals surface area (Å²) in [6.07, 6.45) is 3.40. The molecule has 0 aliphatic heterocycles. The van der Waals surface area contributed by atoms with Gasteiger partial charge in [0.25, 0.3) is 0 Å². The molecule has 7 atom stereocenters. The summed E-state index contributed by atoms with van der Waals surface area (Å²) in [6, 6.07) is 8.69. The summed E-state index contributed by atoms with van der Waals surface area (Å²) in [5.74, 6) is -1.81.